The summed E-state index contributed by atoms with van der Waals surface area (Å²) in [6.45, 7) is 1.96. The van der Waals surface area contributed by atoms with Crippen molar-refractivity contribution < 1.29 is 0 Å². The maximum atomic E-state index is 5.86. The Morgan fingerprint density at radius 3 is 2.58 bits per heavy atom. The van der Waals surface area contributed by atoms with E-state index in [0.29, 0.717) is 0 Å². The monoisotopic (exact) mass is 357 g/mol. The molecule has 1 aromatic carbocycles. The van der Waals surface area contributed by atoms with Crippen molar-refractivity contribution in [1.82, 2.24) is 9.97 Å². The lowest BCUT2D eigenvalue weighted by Crippen LogP contribution is -2.02. The van der Waals surface area contributed by atoms with E-state index >= 15 is 0 Å². The molecule has 0 atom stereocenters. The molecule has 0 aliphatic heterocycles. The number of aryl methyl sites for hydroxylation is 1. The molecule has 0 radical (unpaired) electrons. The van der Waals surface area contributed by atoms with Gasteiger partial charge >= 0.3 is 0 Å². The van der Waals surface area contributed by atoms with Gasteiger partial charge in [-0.05, 0) is 47.1 Å². The standard InChI is InChI=1S/C13H13BrClN3S/c1-8-12(14)13(16-2)18-11(17-8)7-19-10-5-3-9(15)4-6-10/h3-6H,7H2,1-2H3,(H,16,17,18). The van der Waals surface area contributed by atoms with Crippen molar-refractivity contribution in [1.29, 1.82) is 0 Å². The number of aromatic nitrogens is 2. The summed E-state index contributed by atoms with van der Waals surface area (Å²) in [5, 5.41) is 3.81. The largest absolute Gasteiger partial charge is 0.372 e. The van der Waals surface area contributed by atoms with Crippen molar-refractivity contribution in [2.24, 2.45) is 0 Å². The summed E-state index contributed by atoms with van der Waals surface area (Å²) < 4.78 is 0.912. The second kappa shape index (κ2) is 6.59. The number of rotatable bonds is 4. The molecule has 0 spiro atoms. The first-order chi connectivity index (χ1) is 9.10. The van der Waals surface area contributed by atoms with Gasteiger partial charge in [0.05, 0.1) is 15.9 Å². The van der Waals surface area contributed by atoms with Crippen LogP contribution in [0.15, 0.2) is 33.6 Å². The van der Waals surface area contributed by atoms with Crippen LogP contribution in [0.5, 0.6) is 0 Å². The van der Waals surface area contributed by atoms with Crippen LogP contribution in [0.3, 0.4) is 0 Å². The summed E-state index contributed by atoms with van der Waals surface area (Å²) in [6, 6.07) is 7.77. The number of hydrogen-bond donors (Lipinski definition) is 1. The Labute approximate surface area is 130 Å². The fourth-order valence-electron chi connectivity index (χ4n) is 1.53. The highest BCUT2D eigenvalue weighted by Gasteiger charge is 2.08. The molecule has 3 nitrogen and oxygen atoms in total. The predicted octanol–water partition coefficient (Wildman–Crippen LogP) is 4.53. The van der Waals surface area contributed by atoms with Crippen molar-refractivity contribution in [2.45, 2.75) is 17.6 Å². The average Bonchev–Trinajstić information content (AvgIpc) is 2.41. The molecule has 0 saturated carbocycles. The Bertz CT molecular complexity index is 575. The number of nitrogens with zero attached hydrogens (tertiary/aromatic N) is 2. The van der Waals surface area contributed by atoms with Gasteiger partial charge in [-0.1, -0.05) is 11.6 Å². The van der Waals surface area contributed by atoms with Crippen LogP contribution < -0.4 is 5.32 Å². The van der Waals surface area contributed by atoms with Crippen LogP contribution in [0.1, 0.15) is 11.5 Å². The molecule has 0 bridgehead atoms. The first-order valence-electron chi connectivity index (χ1n) is 5.69. The number of halogens is 2. The highest BCUT2D eigenvalue weighted by molar-refractivity contribution is 9.10. The number of hydrogen-bond acceptors (Lipinski definition) is 4. The van der Waals surface area contributed by atoms with Gasteiger partial charge in [0, 0.05) is 17.0 Å². The van der Waals surface area contributed by atoms with E-state index in [1.807, 2.05) is 38.2 Å². The van der Waals surface area contributed by atoms with Gasteiger partial charge in [0.25, 0.3) is 0 Å². The molecule has 1 aromatic heterocycles. The Morgan fingerprint density at radius 1 is 1.26 bits per heavy atom. The van der Waals surface area contributed by atoms with Crippen LogP contribution >= 0.6 is 39.3 Å². The Balaban J connectivity index is 2.11. The predicted molar refractivity (Wildman–Crippen MR) is 85.0 cm³/mol. The first kappa shape index (κ1) is 14.6. The molecule has 6 heteroatoms. The van der Waals surface area contributed by atoms with Crippen molar-refractivity contribution in [3.63, 3.8) is 0 Å². The third kappa shape index (κ3) is 3.84. The highest BCUT2D eigenvalue weighted by atomic mass is 79.9. The SMILES string of the molecule is CNc1nc(CSc2ccc(Cl)cc2)nc(C)c1Br. The zero-order chi connectivity index (χ0) is 13.8. The minimum absolute atomic E-state index is 0.727. The van der Waals surface area contributed by atoms with Crippen LogP contribution in [-0.2, 0) is 5.75 Å². The number of nitrogens with one attached hydrogen (secondary N) is 1. The Kier molecular flexibility index (Phi) is 5.07. The van der Waals surface area contributed by atoms with Gasteiger partial charge in [-0.2, -0.15) is 0 Å². The molecule has 0 unspecified atom stereocenters. The minimum atomic E-state index is 0.727. The second-order valence-electron chi connectivity index (χ2n) is 3.88. The van der Waals surface area contributed by atoms with Crippen molar-refractivity contribution >= 4 is 45.1 Å². The molecule has 0 fully saturated rings. The van der Waals surface area contributed by atoms with Gasteiger partial charge in [-0.25, -0.2) is 9.97 Å². The molecule has 0 aliphatic rings. The lowest BCUT2D eigenvalue weighted by atomic mass is 10.4. The van der Waals surface area contributed by atoms with Gasteiger partial charge in [-0.3, -0.25) is 0 Å². The lowest BCUT2D eigenvalue weighted by Gasteiger charge is -2.08. The summed E-state index contributed by atoms with van der Waals surface area (Å²) in [6.07, 6.45) is 0. The van der Waals surface area contributed by atoms with E-state index in [1.165, 1.54) is 0 Å². The molecule has 19 heavy (non-hydrogen) atoms. The normalized spacial score (nSPS) is 10.5. The fourth-order valence-corrected chi connectivity index (χ4v) is 2.78. The molecule has 1 N–H and O–H groups in total. The van der Waals surface area contributed by atoms with Crippen molar-refractivity contribution in [2.75, 3.05) is 12.4 Å². The van der Waals surface area contributed by atoms with Gasteiger partial charge in [-0.15, -0.1) is 11.8 Å². The number of thioether (sulfide) groups is 1. The van der Waals surface area contributed by atoms with E-state index in [1.54, 1.807) is 11.8 Å². The fraction of sp³-hybridized carbons (Fsp3) is 0.231. The summed E-state index contributed by atoms with van der Waals surface area (Å²) in [7, 11) is 1.85. The summed E-state index contributed by atoms with van der Waals surface area (Å²) in [5.74, 6) is 2.36. The van der Waals surface area contributed by atoms with E-state index in [-0.39, 0.29) is 0 Å². The molecule has 0 aliphatic carbocycles. The molecule has 2 rings (SSSR count). The quantitative estimate of drug-likeness (QED) is 0.815. The molecule has 100 valence electrons. The lowest BCUT2D eigenvalue weighted by molar-refractivity contribution is 0.985. The topological polar surface area (TPSA) is 37.8 Å². The Hall–Kier alpha value is -0.780. The Morgan fingerprint density at radius 2 is 1.95 bits per heavy atom. The molecular formula is C13H13BrClN3S. The molecule has 1 heterocycles. The summed E-state index contributed by atoms with van der Waals surface area (Å²) >= 11 is 11.0. The second-order valence-corrected chi connectivity index (χ2v) is 6.16. The smallest absolute Gasteiger partial charge is 0.144 e. The van der Waals surface area contributed by atoms with Crippen LogP contribution in [-0.4, -0.2) is 17.0 Å². The third-order valence-electron chi connectivity index (χ3n) is 2.48. The highest BCUT2D eigenvalue weighted by Crippen LogP contribution is 2.26. The van der Waals surface area contributed by atoms with E-state index in [2.05, 4.69) is 31.2 Å². The van der Waals surface area contributed by atoms with Crippen LogP contribution in [0.4, 0.5) is 5.82 Å². The molecule has 0 saturated heterocycles. The van der Waals surface area contributed by atoms with E-state index in [9.17, 15) is 0 Å². The van der Waals surface area contributed by atoms with Gasteiger partial charge in [0.15, 0.2) is 0 Å². The van der Waals surface area contributed by atoms with Crippen LogP contribution in [0, 0.1) is 6.92 Å². The molecule has 0 amide bonds. The molecule has 2 aromatic rings. The van der Waals surface area contributed by atoms with Gasteiger partial charge in [0.1, 0.15) is 11.6 Å². The zero-order valence-electron chi connectivity index (χ0n) is 10.6. The zero-order valence-corrected chi connectivity index (χ0v) is 13.7. The molecular weight excluding hydrogens is 346 g/mol. The van der Waals surface area contributed by atoms with Gasteiger partial charge in [0.2, 0.25) is 0 Å². The van der Waals surface area contributed by atoms with E-state index < -0.39 is 0 Å². The van der Waals surface area contributed by atoms with Crippen molar-refractivity contribution in [3.05, 3.63) is 45.3 Å². The van der Waals surface area contributed by atoms with Crippen LogP contribution in [0.2, 0.25) is 5.02 Å². The van der Waals surface area contributed by atoms with E-state index in [0.717, 1.165) is 37.5 Å². The average molecular weight is 359 g/mol. The number of anilines is 1. The maximum Gasteiger partial charge on any atom is 0.144 e. The summed E-state index contributed by atoms with van der Waals surface area (Å²) in [5.41, 5.74) is 0.936. The van der Waals surface area contributed by atoms with Crippen LogP contribution in [0.25, 0.3) is 0 Å². The van der Waals surface area contributed by atoms with Gasteiger partial charge < -0.3 is 5.32 Å². The minimum Gasteiger partial charge on any atom is -0.372 e. The third-order valence-corrected chi connectivity index (χ3v) is 4.69. The first-order valence-corrected chi connectivity index (χ1v) is 7.85. The number of benzene rings is 1. The summed E-state index contributed by atoms with van der Waals surface area (Å²) in [4.78, 5) is 10.1. The van der Waals surface area contributed by atoms with Crippen molar-refractivity contribution in [3.8, 4) is 0 Å². The maximum absolute atomic E-state index is 5.86. The van der Waals surface area contributed by atoms with E-state index in [4.69, 9.17) is 11.6 Å².